The van der Waals surface area contributed by atoms with Crippen molar-refractivity contribution in [1.29, 1.82) is 0 Å². The minimum Gasteiger partial charge on any atom is -0.493 e. The average molecular weight is 418 g/mol. The molecule has 7 heteroatoms. The van der Waals surface area contributed by atoms with Crippen molar-refractivity contribution in [2.45, 2.75) is 6.54 Å². The molecule has 0 spiro atoms. The first-order chi connectivity index (χ1) is 10.0. The second-order valence-electron chi connectivity index (χ2n) is 4.12. The summed E-state index contributed by atoms with van der Waals surface area (Å²) in [6, 6.07) is 7.59. The highest BCUT2D eigenvalue weighted by Crippen LogP contribution is 2.30. The van der Waals surface area contributed by atoms with Gasteiger partial charge in [0.15, 0.2) is 11.4 Å². The highest BCUT2D eigenvalue weighted by Gasteiger charge is 2.18. The number of hydrogen-bond donors (Lipinski definition) is 1. The van der Waals surface area contributed by atoms with Crippen molar-refractivity contribution in [3.63, 3.8) is 0 Å². The van der Waals surface area contributed by atoms with E-state index in [9.17, 15) is 9.18 Å². The lowest BCUT2D eigenvalue weighted by molar-refractivity contribution is 0.0942. The minimum absolute atomic E-state index is 0.167. The van der Waals surface area contributed by atoms with E-state index >= 15 is 0 Å². The molecule has 0 saturated heterocycles. The number of nitrogens with zero attached hydrogens (tertiary/aromatic N) is 1. The van der Waals surface area contributed by atoms with Gasteiger partial charge in [-0.2, -0.15) is 0 Å². The van der Waals surface area contributed by atoms with Gasteiger partial charge in [0.05, 0.1) is 11.6 Å². The highest BCUT2D eigenvalue weighted by molar-refractivity contribution is 9.11. The van der Waals surface area contributed by atoms with Crippen LogP contribution in [0, 0.1) is 5.82 Å². The molecule has 1 amide bonds. The van der Waals surface area contributed by atoms with Crippen molar-refractivity contribution in [2.75, 3.05) is 7.11 Å². The van der Waals surface area contributed by atoms with Crippen LogP contribution in [-0.2, 0) is 6.54 Å². The van der Waals surface area contributed by atoms with Crippen LogP contribution in [0.15, 0.2) is 39.4 Å². The molecule has 1 aromatic carbocycles. The maximum atomic E-state index is 12.8. The Bertz CT molecular complexity index is 663. The molecule has 0 aliphatic carbocycles. The lowest BCUT2D eigenvalue weighted by Gasteiger charge is -2.10. The zero-order valence-electron chi connectivity index (χ0n) is 11.0. The molecule has 0 fully saturated rings. The zero-order valence-corrected chi connectivity index (χ0v) is 14.2. The van der Waals surface area contributed by atoms with Crippen LogP contribution >= 0.6 is 31.9 Å². The number of hydrogen-bond acceptors (Lipinski definition) is 3. The van der Waals surface area contributed by atoms with Crippen LogP contribution < -0.4 is 10.1 Å². The molecule has 1 aromatic heterocycles. The topological polar surface area (TPSA) is 51.2 Å². The van der Waals surface area contributed by atoms with Gasteiger partial charge >= 0.3 is 0 Å². The Hall–Kier alpha value is -1.47. The van der Waals surface area contributed by atoms with Gasteiger partial charge in [-0.15, -0.1) is 0 Å². The lowest BCUT2D eigenvalue weighted by atomic mass is 10.2. The van der Waals surface area contributed by atoms with Gasteiger partial charge in [-0.3, -0.25) is 4.79 Å². The van der Waals surface area contributed by atoms with Crippen molar-refractivity contribution < 1.29 is 13.9 Å². The van der Waals surface area contributed by atoms with E-state index in [1.807, 2.05) is 0 Å². The summed E-state index contributed by atoms with van der Waals surface area (Å²) in [5, 5.41) is 2.72. The molecule has 21 heavy (non-hydrogen) atoms. The lowest BCUT2D eigenvalue weighted by Crippen LogP contribution is -2.24. The van der Waals surface area contributed by atoms with Gasteiger partial charge in [-0.25, -0.2) is 9.37 Å². The third-order valence-electron chi connectivity index (χ3n) is 2.68. The number of ether oxygens (including phenoxy) is 1. The van der Waals surface area contributed by atoms with Gasteiger partial charge in [0.25, 0.3) is 5.91 Å². The molecule has 1 heterocycles. The molecule has 0 bridgehead atoms. The van der Waals surface area contributed by atoms with Gasteiger partial charge in [0, 0.05) is 6.54 Å². The van der Waals surface area contributed by atoms with Crippen molar-refractivity contribution in [2.24, 2.45) is 0 Å². The first-order valence-corrected chi connectivity index (χ1v) is 7.52. The molecule has 0 radical (unpaired) electrons. The average Bonchev–Trinajstić information content (AvgIpc) is 2.45. The molecule has 2 rings (SSSR count). The molecule has 0 saturated carbocycles. The summed E-state index contributed by atoms with van der Waals surface area (Å²) in [6.45, 7) is 0.272. The number of carbonyl (C=O) groups excluding carboxylic acids is 1. The summed E-state index contributed by atoms with van der Waals surface area (Å²) in [5.41, 5.74) is 0.957. The minimum atomic E-state index is -0.377. The SMILES string of the molecule is COc1c(Br)cc(Br)nc1C(=O)NCc1ccc(F)cc1. The number of amides is 1. The molecule has 0 aliphatic heterocycles. The van der Waals surface area contributed by atoms with E-state index in [0.29, 0.717) is 14.8 Å². The van der Waals surface area contributed by atoms with Crippen molar-refractivity contribution in [1.82, 2.24) is 10.3 Å². The van der Waals surface area contributed by atoms with E-state index in [1.165, 1.54) is 19.2 Å². The van der Waals surface area contributed by atoms with E-state index in [4.69, 9.17) is 4.74 Å². The van der Waals surface area contributed by atoms with E-state index in [-0.39, 0.29) is 24.0 Å². The Morgan fingerprint density at radius 1 is 1.33 bits per heavy atom. The predicted octanol–water partition coefficient (Wildman–Crippen LogP) is 3.68. The number of carbonyl (C=O) groups is 1. The van der Waals surface area contributed by atoms with Crippen LogP contribution in [0.1, 0.15) is 16.1 Å². The van der Waals surface area contributed by atoms with E-state index in [1.54, 1.807) is 18.2 Å². The summed E-state index contributed by atoms with van der Waals surface area (Å²) < 4.78 is 19.1. The molecule has 0 atom stereocenters. The number of halogens is 3. The maximum absolute atomic E-state index is 12.8. The maximum Gasteiger partial charge on any atom is 0.274 e. The molecule has 0 aliphatic rings. The molecule has 4 nitrogen and oxygen atoms in total. The number of methoxy groups -OCH3 is 1. The summed E-state index contributed by atoms with van der Waals surface area (Å²) in [7, 11) is 1.46. The van der Waals surface area contributed by atoms with Gasteiger partial charge in [0.1, 0.15) is 10.4 Å². The molecule has 0 unspecified atom stereocenters. The molecular weight excluding hydrogens is 407 g/mol. The van der Waals surface area contributed by atoms with Crippen LogP contribution in [0.4, 0.5) is 4.39 Å². The number of aromatic nitrogens is 1. The van der Waals surface area contributed by atoms with Crippen molar-refractivity contribution in [3.05, 3.63) is 56.5 Å². The van der Waals surface area contributed by atoms with Crippen LogP contribution in [0.25, 0.3) is 0 Å². The van der Waals surface area contributed by atoms with Crippen LogP contribution in [-0.4, -0.2) is 18.0 Å². The first kappa shape index (κ1) is 15.9. The standard InChI is InChI=1S/C14H11Br2FN2O2/c1-21-13-10(15)6-11(16)19-12(13)14(20)18-7-8-2-4-9(17)5-3-8/h2-6H,7H2,1H3,(H,18,20). The normalized spacial score (nSPS) is 10.3. The Kier molecular flexibility index (Phi) is 5.30. The Balaban J connectivity index is 2.15. The number of benzene rings is 1. The zero-order chi connectivity index (χ0) is 15.4. The van der Waals surface area contributed by atoms with E-state index in [0.717, 1.165) is 5.56 Å². The smallest absolute Gasteiger partial charge is 0.274 e. The summed E-state index contributed by atoms with van der Waals surface area (Å²) >= 11 is 6.54. The fraction of sp³-hybridized carbons (Fsp3) is 0.143. The van der Waals surface area contributed by atoms with Crippen LogP contribution in [0.5, 0.6) is 5.75 Å². The van der Waals surface area contributed by atoms with Crippen molar-refractivity contribution in [3.8, 4) is 5.75 Å². The molecule has 2 aromatic rings. The van der Waals surface area contributed by atoms with E-state index < -0.39 is 0 Å². The number of pyridine rings is 1. The predicted molar refractivity (Wildman–Crippen MR) is 83.8 cm³/mol. The van der Waals surface area contributed by atoms with Crippen LogP contribution in [0.3, 0.4) is 0 Å². The summed E-state index contributed by atoms with van der Waals surface area (Å²) in [6.07, 6.45) is 0. The fourth-order valence-electron chi connectivity index (χ4n) is 1.69. The van der Waals surface area contributed by atoms with Crippen LogP contribution in [0.2, 0.25) is 0 Å². The first-order valence-electron chi connectivity index (χ1n) is 5.94. The fourth-order valence-corrected chi connectivity index (χ4v) is 2.97. The second-order valence-corrected chi connectivity index (χ2v) is 5.78. The molecule has 110 valence electrons. The van der Waals surface area contributed by atoms with Crippen molar-refractivity contribution >= 4 is 37.8 Å². The second kappa shape index (κ2) is 7.00. The third-order valence-corrected chi connectivity index (χ3v) is 3.68. The Morgan fingerprint density at radius 2 is 2.00 bits per heavy atom. The molecule has 1 N–H and O–H groups in total. The van der Waals surface area contributed by atoms with E-state index in [2.05, 4.69) is 42.2 Å². The molecular formula is C14H11Br2FN2O2. The van der Waals surface area contributed by atoms with Gasteiger partial charge in [-0.1, -0.05) is 12.1 Å². The summed E-state index contributed by atoms with van der Waals surface area (Å²) in [4.78, 5) is 16.3. The quantitative estimate of drug-likeness (QED) is 0.772. The number of nitrogens with one attached hydrogen (secondary N) is 1. The Labute approximate surface area is 138 Å². The highest BCUT2D eigenvalue weighted by atomic mass is 79.9. The third kappa shape index (κ3) is 4.01. The number of rotatable bonds is 4. The van der Waals surface area contributed by atoms with Gasteiger partial charge in [0.2, 0.25) is 0 Å². The monoisotopic (exact) mass is 416 g/mol. The largest absolute Gasteiger partial charge is 0.493 e. The Morgan fingerprint density at radius 3 is 2.62 bits per heavy atom. The van der Waals surface area contributed by atoms with Gasteiger partial charge in [-0.05, 0) is 55.6 Å². The van der Waals surface area contributed by atoms with Gasteiger partial charge < -0.3 is 10.1 Å². The summed E-state index contributed by atoms with van der Waals surface area (Å²) in [5.74, 6) is -0.336.